The molecule has 92 valence electrons. The highest BCUT2D eigenvalue weighted by Gasteiger charge is 2.12. The van der Waals surface area contributed by atoms with Crippen molar-refractivity contribution in [2.75, 3.05) is 13.7 Å². The van der Waals surface area contributed by atoms with Gasteiger partial charge in [0.25, 0.3) is 0 Å². The summed E-state index contributed by atoms with van der Waals surface area (Å²) in [5, 5.41) is 12.6. The lowest BCUT2D eigenvalue weighted by atomic mass is 10.2. The molecular formula is C7H17BFN4O2P. The summed E-state index contributed by atoms with van der Waals surface area (Å²) in [6.07, 6.45) is 1.12. The van der Waals surface area contributed by atoms with E-state index >= 15 is 0 Å². The standard InChI is InChI=1S/C7H17BFN4O2P/c1-15-6(14)5(10)3-2-4-12-7(11)13-16-8-9/h5,8,16H,2-4,10H2,1H3,(H3,11,12,13)/t5-/m0/s1. The number of rotatable bonds is 7. The van der Waals surface area contributed by atoms with Gasteiger partial charge >= 0.3 is 13.2 Å². The second-order valence-corrected chi connectivity index (χ2v) is 3.88. The van der Waals surface area contributed by atoms with Gasteiger partial charge < -0.3 is 25.2 Å². The van der Waals surface area contributed by atoms with Crippen LogP contribution in [0, 0.1) is 5.41 Å². The minimum Gasteiger partial charge on any atom is -0.468 e. The predicted octanol–water partition coefficient (Wildman–Crippen LogP) is -0.790. The Morgan fingerprint density at radius 3 is 3.00 bits per heavy atom. The molecule has 0 aromatic heterocycles. The Morgan fingerprint density at radius 2 is 2.44 bits per heavy atom. The minimum atomic E-state index is -0.623. The average molecular weight is 250 g/mol. The molecule has 5 N–H and O–H groups in total. The number of guanidine groups is 1. The number of carbonyl (C=O) groups excluding carboxylic acids is 1. The molecule has 0 fully saturated rings. The Bertz CT molecular complexity index is 234. The molecule has 0 aliphatic heterocycles. The van der Waals surface area contributed by atoms with Crippen LogP contribution in [0.1, 0.15) is 12.8 Å². The second kappa shape index (κ2) is 9.36. The van der Waals surface area contributed by atoms with Crippen LogP contribution in [0.25, 0.3) is 0 Å². The molecule has 2 atom stereocenters. The summed E-state index contributed by atoms with van der Waals surface area (Å²) in [6.45, 7) is 0.507. The molecule has 6 nitrogen and oxygen atoms in total. The van der Waals surface area contributed by atoms with Gasteiger partial charge in [0, 0.05) is 6.54 Å². The van der Waals surface area contributed by atoms with Crippen LogP contribution in [0.5, 0.6) is 0 Å². The number of ether oxygens (including phenoxy) is 1. The van der Waals surface area contributed by atoms with Crippen molar-refractivity contribution in [1.29, 1.82) is 5.41 Å². The van der Waals surface area contributed by atoms with E-state index in [0.29, 0.717) is 19.4 Å². The van der Waals surface area contributed by atoms with Gasteiger partial charge in [-0.1, -0.05) is 0 Å². The van der Waals surface area contributed by atoms with Crippen molar-refractivity contribution in [2.45, 2.75) is 18.9 Å². The number of hydrogen-bond donors (Lipinski definition) is 4. The number of nitrogens with two attached hydrogens (primary N) is 1. The van der Waals surface area contributed by atoms with Crippen molar-refractivity contribution in [1.82, 2.24) is 10.4 Å². The van der Waals surface area contributed by atoms with Crippen LogP contribution in [-0.2, 0) is 9.53 Å². The Kier molecular flexibility index (Phi) is 8.85. The van der Waals surface area contributed by atoms with Crippen LogP contribution in [0.2, 0.25) is 0 Å². The summed E-state index contributed by atoms with van der Waals surface area (Å²) in [5.74, 6) is -0.352. The van der Waals surface area contributed by atoms with Gasteiger partial charge in [0.1, 0.15) is 6.04 Å². The molecule has 0 aliphatic rings. The van der Waals surface area contributed by atoms with Crippen LogP contribution in [-0.4, -0.2) is 38.9 Å². The maximum Gasteiger partial charge on any atom is 0.376 e. The van der Waals surface area contributed by atoms with Crippen molar-refractivity contribution < 1.29 is 13.8 Å². The first-order chi connectivity index (χ1) is 7.61. The Labute approximate surface area is 96.5 Å². The first kappa shape index (κ1) is 15.1. The molecule has 0 spiro atoms. The number of esters is 1. The van der Waals surface area contributed by atoms with E-state index in [9.17, 15) is 9.11 Å². The van der Waals surface area contributed by atoms with E-state index in [1.807, 2.05) is 0 Å². The largest absolute Gasteiger partial charge is 0.468 e. The number of carbonyl (C=O) groups is 1. The van der Waals surface area contributed by atoms with Crippen molar-refractivity contribution in [3.63, 3.8) is 0 Å². The van der Waals surface area contributed by atoms with Gasteiger partial charge in [0.15, 0.2) is 5.96 Å². The quantitative estimate of drug-likeness (QED) is 0.118. The van der Waals surface area contributed by atoms with E-state index < -0.39 is 19.3 Å². The molecule has 0 rings (SSSR count). The highest BCUT2D eigenvalue weighted by molar-refractivity contribution is 7.68. The topological polar surface area (TPSA) is 100 Å². The van der Waals surface area contributed by atoms with Gasteiger partial charge in [-0.25, -0.2) is 0 Å². The van der Waals surface area contributed by atoms with Crippen molar-refractivity contribution in [2.24, 2.45) is 5.73 Å². The fourth-order valence-corrected chi connectivity index (χ4v) is 1.30. The zero-order chi connectivity index (χ0) is 12.4. The molecule has 0 aliphatic carbocycles. The molecule has 0 aromatic rings. The van der Waals surface area contributed by atoms with E-state index in [1.54, 1.807) is 0 Å². The second-order valence-electron chi connectivity index (χ2n) is 3.01. The van der Waals surface area contributed by atoms with E-state index in [4.69, 9.17) is 11.1 Å². The first-order valence-electron chi connectivity index (χ1n) is 4.82. The molecule has 0 radical (unpaired) electrons. The third-order valence-electron chi connectivity index (χ3n) is 1.78. The summed E-state index contributed by atoms with van der Waals surface area (Å²) in [4.78, 5) is 10.9. The van der Waals surface area contributed by atoms with Gasteiger partial charge in [-0.05, 0) is 21.5 Å². The molecule has 0 bridgehead atoms. The zero-order valence-corrected chi connectivity index (χ0v) is 10.2. The molecule has 1 unspecified atom stereocenters. The van der Waals surface area contributed by atoms with Crippen molar-refractivity contribution in [3.05, 3.63) is 0 Å². The van der Waals surface area contributed by atoms with Crippen LogP contribution < -0.4 is 16.1 Å². The maximum absolute atomic E-state index is 11.7. The van der Waals surface area contributed by atoms with Crippen LogP contribution in [0.4, 0.5) is 4.32 Å². The van der Waals surface area contributed by atoms with E-state index in [0.717, 1.165) is 0 Å². The fourth-order valence-electron chi connectivity index (χ4n) is 0.971. The van der Waals surface area contributed by atoms with Crippen LogP contribution in [0.3, 0.4) is 0 Å². The number of methoxy groups -OCH3 is 1. The van der Waals surface area contributed by atoms with E-state index in [-0.39, 0.29) is 14.6 Å². The molecule has 0 aromatic carbocycles. The minimum absolute atomic E-state index is 0.0858. The molecule has 9 heteroatoms. The van der Waals surface area contributed by atoms with Gasteiger partial charge in [0.2, 0.25) is 0 Å². The Hall–Kier alpha value is -0.875. The van der Waals surface area contributed by atoms with E-state index in [2.05, 4.69) is 15.1 Å². The number of nitrogens with one attached hydrogen (secondary N) is 3. The molecular weight excluding hydrogens is 233 g/mol. The lowest BCUT2D eigenvalue weighted by molar-refractivity contribution is -0.142. The summed E-state index contributed by atoms with van der Waals surface area (Å²) >= 11 is 0. The lowest BCUT2D eigenvalue weighted by Crippen LogP contribution is -2.35. The fraction of sp³-hybridized carbons (Fsp3) is 0.714. The van der Waals surface area contributed by atoms with Crippen molar-refractivity contribution in [3.8, 4) is 0 Å². The van der Waals surface area contributed by atoms with Gasteiger partial charge in [0.05, 0.1) is 7.11 Å². The third-order valence-corrected chi connectivity index (χ3v) is 2.34. The van der Waals surface area contributed by atoms with Gasteiger partial charge in [-0.3, -0.25) is 10.2 Å². The molecule has 16 heavy (non-hydrogen) atoms. The molecule has 0 amide bonds. The van der Waals surface area contributed by atoms with Gasteiger partial charge in [-0.15, -0.1) is 0 Å². The van der Waals surface area contributed by atoms with Crippen LogP contribution in [0.15, 0.2) is 0 Å². The monoisotopic (exact) mass is 250 g/mol. The van der Waals surface area contributed by atoms with E-state index in [1.165, 1.54) is 7.11 Å². The van der Waals surface area contributed by atoms with Crippen molar-refractivity contribution >= 4 is 27.8 Å². The molecule has 0 saturated carbocycles. The lowest BCUT2D eigenvalue weighted by Gasteiger charge is -2.11. The predicted molar refractivity (Wildman–Crippen MR) is 64.7 cm³/mol. The summed E-state index contributed by atoms with van der Waals surface area (Å²) in [7, 11) is 0.697. The average Bonchev–Trinajstić information content (AvgIpc) is 2.30. The van der Waals surface area contributed by atoms with Gasteiger partial charge in [-0.2, -0.15) is 0 Å². The molecule has 0 saturated heterocycles. The number of halogens is 1. The summed E-state index contributed by atoms with van der Waals surface area (Å²) in [6, 6.07) is -0.623. The SMILES string of the molecule is COC(=O)[C@@H](N)CCCNC(=N)NPBF. The highest BCUT2D eigenvalue weighted by atomic mass is 31.1. The maximum atomic E-state index is 11.7. The van der Waals surface area contributed by atoms with Crippen LogP contribution >= 0.6 is 8.61 Å². The summed E-state index contributed by atoms with van der Waals surface area (Å²) in [5.41, 5.74) is 5.50. The highest BCUT2D eigenvalue weighted by Crippen LogP contribution is 1.98. The smallest absolute Gasteiger partial charge is 0.376 e. The Morgan fingerprint density at radius 1 is 1.75 bits per heavy atom. The summed E-state index contributed by atoms with van der Waals surface area (Å²) < 4.78 is 16.2. The normalized spacial score (nSPS) is 12.2. The third kappa shape index (κ3) is 7.42. The zero-order valence-electron chi connectivity index (χ0n) is 9.18. The molecule has 0 heterocycles. The first-order valence-corrected chi connectivity index (χ1v) is 6.03. The number of hydrogen-bond acceptors (Lipinski definition) is 4. The Balaban J connectivity index is 3.45.